The number of fused-ring (bicyclic) bond motifs is 1. The summed E-state index contributed by atoms with van der Waals surface area (Å²) >= 11 is 0. The topological polar surface area (TPSA) is 108 Å². The Hall–Kier alpha value is -3.00. The number of halogens is 1. The second-order valence-electron chi connectivity index (χ2n) is 5.22. The van der Waals surface area contributed by atoms with Crippen LogP contribution in [0.5, 0.6) is 0 Å². The highest BCUT2D eigenvalue weighted by atomic mass is 35.5. The molecule has 3 heterocycles. The van der Waals surface area contributed by atoms with Gasteiger partial charge < -0.3 is 10.6 Å². The van der Waals surface area contributed by atoms with Gasteiger partial charge in [0.1, 0.15) is 6.33 Å². The van der Waals surface area contributed by atoms with Crippen LogP contribution in [0.4, 0.5) is 11.6 Å². The predicted molar refractivity (Wildman–Crippen MR) is 91.9 cm³/mol. The number of aromatic nitrogens is 5. The lowest BCUT2D eigenvalue weighted by Gasteiger charge is -2.17. The Bertz CT molecular complexity index is 895. The molecule has 0 saturated heterocycles. The molecule has 8 nitrogen and oxygen atoms in total. The zero-order valence-electron chi connectivity index (χ0n) is 12.7. The molecule has 0 bridgehead atoms. The van der Waals surface area contributed by atoms with Crippen molar-refractivity contribution >= 4 is 29.9 Å². The SMILES string of the molecule is Cc1cc(-c2ncn[nH]2)ccc1-c1cnc2c(n1)NC(=O)CN2.Cl. The second kappa shape index (κ2) is 6.25. The Morgan fingerprint density at radius 2 is 2.04 bits per heavy atom. The molecule has 0 atom stereocenters. The van der Waals surface area contributed by atoms with Crippen LogP contribution in [0.3, 0.4) is 0 Å². The first-order valence-electron chi connectivity index (χ1n) is 7.08. The first kappa shape index (κ1) is 15.9. The van der Waals surface area contributed by atoms with Crippen molar-refractivity contribution in [2.45, 2.75) is 6.92 Å². The monoisotopic (exact) mass is 343 g/mol. The minimum atomic E-state index is -0.124. The standard InChI is InChI=1S/C15H13N7O.ClH/c1-8-4-9(13-18-7-19-22-13)2-3-10(8)11-5-16-14-15(20-11)21-12(23)6-17-14;/h2-5,7H,6H2,1H3,(H,16,17)(H,18,19,22)(H,20,21,23);1H. The number of carbonyl (C=O) groups excluding carboxylic acids is 1. The van der Waals surface area contributed by atoms with Gasteiger partial charge in [-0.15, -0.1) is 12.4 Å². The van der Waals surface area contributed by atoms with Crippen LogP contribution in [-0.4, -0.2) is 37.6 Å². The number of aromatic amines is 1. The van der Waals surface area contributed by atoms with Crippen LogP contribution in [0.1, 0.15) is 5.56 Å². The minimum absolute atomic E-state index is 0. The Labute approximate surface area is 143 Å². The van der Waals surface area contributed by atoms with E-state index in [0.29, 0.717) is 23.2 Å². The van der Waals surface area contributed by atoms with Crippen LogP contribution in [0.15, 0.2) is 30.7 Å². The van der Waals surface area contributed by atoms with Crippen LogP contribution in [0.2, 0.25) is 0 Å². The average Bonchev–Trinajstić information content (AvgIpc) is 3.08. The van der Waals surface area contributed by atoms with Gasteiger partial charge in [0, 0.05) is 11.1 Å². The van der Waals surface area contributed by atoms with Gasteiger partial charge in [-0.05, 0) is 18.6 Å². The highest BCUT2D eigenvalue weighted by molar-refractivity contribution is 5.98. The molecule has 1 aliphatic heterocycles. The van der Waals surface area contributed by atoms with Crippen molar-refractivity contribution in [3.05, 3.63) is 36.3 Å². The number of anilines is 2. The Morgan fingerprint density at radius 3 is 2.79 bits per heavy atom. The number of aryl methyl sites for hydroxylation is 1. The molecule has 0 spiro atoms. The third kappa shape index (κ3) is 2.79. The van der Waals surface area contributed by atoms with Gasteiger partial charge in [-0.1, -0.05) is 12.1 Å². The van der Waals surface area contributed by atoms with Crippen molar-refractivity contribution in [1.29, 1.82) is 0 Å². The average molecular weight is 344 g/mol. The summed E-state index contributed by atoms with van der Waals surface area (Å²) in [6.07, 6.45) is 3.17. The smallest absolute Gasteiger partial charge is 0.244 e. The van der Waals surface area contributed by atoms with Crippen molar-refractivity contribution in [1.82, 2.24) is 25.1 Å². The molecule has 3 N–H and O–H groups in total. The molecule has 3 aromatic rings. The number of H-pyrrole nitrogens is 1. The molecule has 4 rings (SSSR count). The van der Waals surface area contributed by atoms with Crippen molar-refractivity contribution < 1.29 is 4.79 Å². The Kier molecular flexibility index (Phi) is 4.13. The largest absolute Gasteiger partial charge is 0.358 e. The molecule has 2 aromatic heterocycles. The number of nitrogens with one attached hydrogen (secondary N) is 3. The molecular formula is C15H14ClN7O. The Morgan fingerprint density at radius 1 is 1.17 bits per heavy atom. The number of amides is 1. The molecule has 0 unspecified atom stereocenters. The van der Waals surface area contributed by atoms with E-state index in [0.717, 1.165) is 16.7 Å². The second-order valence-corrected chi connectivity index (χ2v) is 5.22. The van der Waals surface area contributed by atoms with Crippen LogP contribution in [-0.2, 0) is 4.79 Å². The van der Waals surface area contributed by atoms with Crippen molar-refractivity contribution in [3.63, 3.8) is 0 Å². The molecule has 0 aliphatic carbocycles. The van der Waals surface area contributed by atoms with Crippen molar-refractivity contribution in [2.24, 2.45) is 0 Å². The van der Waals surface area contributed by atoms with E-state index >= 15 is 0 Å². The van der Waals surface area contributed by atoms with Crippen LogP contribution in [0, 0.1) is 6.92 Å². The van der Waals surface area contributed by atoms with Crippen LogP contribution in [0.25, 0.3) is 22.6 Å². The lowest BCUT2D eigenvalue weighted by molar-refractivity contribution is -0.114. The molecule has 1 aliphatic rings. The van der Waals surface area contributed by atoms with Gasteiger partial charge in [-0.2, -0.15) is 5.10 Å². The number of hydrogen-bond acceptors (Lipinski definition) is 6. The summed E-state index contributed by atoms with van der Waals surface area (Å²) in [5.41, 5.74) is 3.63. The molecule has 0 saturated carbocycles. The number of carbonyl (C=O) groups is 1. The zero-order valence-corrected chi connectivity index (χ0v) is 13.5. The first-order valence-corrected chi connectivity index (χ1v) is 7.08. The summed E-state index contributed by atoms with van der Waals surface area (Å²) in [5.74, 6) is 1.63. The summed E-state index contributed by atoms with van der Waals surface area (Å²) in [5, 5.41) is 12.4. The predicted octanol–water partition coefficient (Wildman–Crippen LogP) is 2.02. The molecular weight excluding hydrogens is 330 g/mol. The van der Waals surface area contributed by atoms with E-state index in [1.54, 1.807) is 6.20 Å². The molecule has 1 amide bonds. The molecule has 24 heavy (non-hydrogen) atoms. The normalized spacial score (nSPS) is 12.6. The van der Waals surface area contributed by atoms with Gasteiger partial charge >= 0.3 is 0 Å². The van der Waals surface area contributed by atoms with Gasteiger partial charge in [-0.25, -0.2) is 15.0 Å². The maximum Gasteiger partial charge on any atom is 0.244 e. The van der Waals surface area contributed by atoms with Gasteiger partial charge in [0.2, 0.25) is 5.91 Å². The van der Waals surface area contributed by atoms with Crippen molar-refractivity contribution in [2.75, 3.05) is 17.2 Å². The van der Waals surface area contributed by atoms with Gasteiger partial charge in [0.15, 0.2) is 17.5 Å². The van der Waals surface area contributed by atoms with Gasteiger partial charge in [0.25, 0.3) is 0 Å². The number of rotatable bonds is 2. The lowest BCUT2D eigenvalue weighted by atomic mass is 10.0. The number of nitrogens with zero attached hydrogens (tertiary/aromatic N) is 4. The summed E-state index contributed by atoms with van der Waals surface area (Å²) in [4.78, 5) is 24.4. The molecule has 122 valence electrons. The highest BCUT2D eigenvalue weighted by Crippen LogP contribution is 2.28. The van der Waals surface area contributed by atoms with Crippen LogP contribution >= 0.6 is 12.4 Å². The van der Waals surface area contributed by atoms with E-state index in [1.165, 1.54) is 6.33 Å². The molecule has 1 aromatic carbocycles. The van der Waals surface area contributed by atoms with E-state index < -0.39 is 0 Å². The maximum atomic E-state index is 11.5. The summed E-state index contributed by atoms with van der Waals surface area (Å²) in [7, 11) is 0. The van der Waals surface area contributed by atoms with Gasteiger partial charge in [0.05, 0.1) is 18.4 Å². The Balaban J connectivity index is 0.00000169. The lowest BCUT2D eigenvalue weighted by Crippen LogP contribution is -2.28. The fraction of sp³-hybridized carbons (Fsp3) is 0.133. The van der Waals surface area contributed by atoms with Gasteiger partial charge in [-0.3, -0.25) is 9.89 Å². The zero-order chi connectivity index (χ0) is 15.8. The summed E-state index contributed by atoms with van der Waals surface area (Å²) in [6, 6.07) is 5.91. The third-order valence-corrected chi connectivity index (χ3v) is 3.64. The molecule has 9 heteroatoms. The van der Waals surface area contributed by atoms with Crippen LogP contribution < -0.4 is 10.6 Å². The molecule has 0 fully saturated rings. The number of hydrogen-bond donors (Lipinski definition) is 3. The van der Waals surface area contributed by atoms with E-state index in [2.05, 4.69) is 35.8 Å². The summed E-state index contributed by atoms with van der Waals surface area (Å²) in [6.45, 7) is 2.21. The molecule has 0 radical (unpaired) electrons. The van der Waals surface area contributed by atoms with E-state index in [9.17, 15) is 4.79 Å². The van der Waals surface area contributed by atoms with E-state index in [4.69, 9.17) is 0 Å². The number of benzene rings is 1. The fourth-order valence-corrected chi connectivity index (χ4v) is 2.52. The van der Waals surface area contributed by atoms with E-state index in [1.807, 2.05) is 25.1 Å². The fourth-order valence-electron chi connectivity index (χ4n) is 2.52. The highest BCUT2D eigenvalue weighted by Gasteiger charge is 2.18. The van der Waals surface area contributed by atoms with Crippen molar-refractivity contribution in [3.8, 4) is 22.6 Å². The van der Waals surface area contributed by atoms with E-state index in [-0.39, 0.29) is 24.9 Å². The summed E-state index contributed by atoms with van der Waals surface area (Å²) < 4.78 is 0. The quantitative estimate of drug-likeness (QED) is 0.657. The minimum Gasteiger partial charge on any atom is -0.358 e. The maximum absolute atomic E-state index is 11.5. The third-order valence-electron chi connectivity index (χ3n) is 3.64. The first-order chi connectivity index (χ1) is 11.2.